The number of hydrogen-bond donors (Lipinski definition) is 2. The van der Waals surface area contributed by atoms with E-state index >= 15 is 0 Å². The molecular weight excluding hydrogens is 393 g/mol. The fourth-order valence-electron chi connectivity index (χ4n) is 3.08. The van der Waals surface area contributed by atoms with Gasteiger partial charge in [-0.25, -0.2) is 4.98 Å². The largest absolute Gasteiger partial charge is 0.384 e. The number of ether oxygens (including phenoxy) is 1. The van der Waals surface area contributed by atoms with Crippen LogP contribution in [0.1, 0.15) is 22.5 Å². The van der Waals surface area contributed by atoms with Gasteiger partial charge in [0, 0.05) is 24.6 Å². The zero-order valence-corrected chi connectivity index (χ0v) is 17.1. The minimum absolute atomic E-state index is 0. The van der Waals surface area contributed by atoms with E-state index in [1.54, 1.807) is 13.3 Å². The van der Waals surface area contributed by atoms with Gasteiger partial charge in [-0.2, -0.15) is 0 Å². The number of carbonyl (C=O) groups is 1. The van der Waals surface area contributed by atoms with Gasteiger partial charge in [0.2, 0.25) is 0 Å². The molecular formula is C18H25Cl2N3O2S. The van der Waals surface area contributed by atoms with Gasteiger partial charge in [-0.1, -0.05) is 30.3 Å². The van der Waals surface area contributed by atoms with Gasteiger partial charge in [0.25, 0.3) is 5.91 Å². The van der Waals surface area contributed by atoms with Crippen LogP contribution in [-0.2, 0) is 4.74 Å². The van der Waals surface area contributed by atoms with Gasteiger partial charge in [0.15, 0.2) is 0 Å². The number of piperidine rings is 1. The minimum atomic E-state index is -0.0521. The van der Waals surface area contributed by atoms with Gasteiger partial charge in [-0.15, -0.1) is 36.2 Å². The molecule has 2 heterocycles. The lowest BCUT2D eigenvalue weighted by Crippen LogP contribution is -2.47. The molecule has 144 valence electrons. The third kappa shape index (κ3) is 5.66. The van der Waals surface area contributed by atoms with Crippen LogP contribution in [0.5, 0.6) is 0 Å². The molecule has 3 rings (SSSR count). The number of rotatable bonds is 6. The summed E-state index contributed by atoms with van der Waals surface area (Å²) in [4.78, 5) is 17.5. The first-order valence-electron chi connectivity index (χ1n) is 8.22. The Hall–Kier alpha value is -1.18. The summed E-state index contributed by atoms with van der Waals surface area (Å²) in [5.41, 5.74) is 1.07. The van der Waals surface area contributed by atoms with E-state index in [0.29, 0.717) is 18.0 Å². The van der Waals surface area contributed by atoms with E-state index in [0.717, 1.165) is 36.5 Å². The summed E-state index contributed by atoms with van der Waals surface area (Å²) in [7, 11) is 1.72. The molecule has 0 saturated carbocycles. The predicted octanol–water partition coefficient (Wildman–Crippen LogP) is 3.40. The lowest BCUT2D eigenvalue weighted by atomic mass is 9.79. The SMILES string of the molecule is COCC1(CNC(=O)c2cnc(-c3ccccc3)s2)CCNCC1.Cl.Cl. The van der Waals surface area contributed by atoms with E-state index in [-0.39, 0.29) is 36.1 Å². The average molecular weight is 418 g/mol. The Labute approximate surface area is 170 Å². The zero-order valence-electron chi connectivity index (χ0n) is 14.7. The molecule has 0 atom stereocenters. The van der Waals surface area contributed by atoms with Crippen molar-refractivity contribution in [2.45, 2.75) is 12.8 Å². The maximum atomic E-state index is 12.5. The van der Waals surface area contributed by atoms with Gasteiger partial charge >= 0.3 is 0 Å². The van der Waals surface area contributed by atoms with Crippen LogP contribution in [0.25, 0.3) is 10.6 Å². The Bertz CT molecular complexity index is 671. The second-order valence-electron chi connectivity index (χ2n) is 6.26. The molecule has 8 heteroatoms. The maximum Gasteiger partial charge on any atom is 0.263 e. The minimum Gasteiger partial charge on any atom is -0.384 e. The second-order valence-corrected chi connectivity index (χ2v) is 7.29. The Kier molecular flexibility index (Phi) is 9.54. The molecule has 0 aliphatic carbocycles. The number of amides is 1. The van der Waals surface area contributed by atoms with E-state index in [1.807, 2.05) is 30.3 Å². The van der Waals surface area contributed by atoms with Crippen LogP contribution in [0, 0.1) is 5.41 Å². The second kappa shape index (κ2) is 10.8. The average Bonchev–Trinajstić information content (AvgIpc) is 3.12. The van der Waals surface area contributed by atoms with Crippen LogP contribution in [-0.4, -0.2) is 44.2 Å². The molecule has 1 aliphatic rings. The van der Waals surface area contributed by atoms with Crippen LogP contribution < -0.4 is 10.6 Å². The third-order valence-electron chi connectivity index (χ3n) is 4.49. The van der Waals surface area contributed by atoms with Gasteiger partial charge in [0.05, 0.1) is 12.8 Å². The maximum absolute atomic E-state index is 12.5. The zero-order chi connectivity index (χ0) is 16.8. The number of nitrogens with zero attached hydrogens (tertiary/aromatic N) is 1. The molecule has 2 aromatic rings. The van der Waals surface area contributed by atoms with Crippen molar-refractivity contribution in [1.29, 1.82) is 0 Å². The van der Waals surface area contributed by atoms with Crippen molar-refractivity contribution in [3.05, 3.63) is 41.4 Å². The number of hydrogen-bond acceptors (Lipinski definition) is 5. The van der Waals surface area contributed by atoms with Crippen LogP contribution in [0.2, 0.25) is 0 Å². The summed E-state index contributed by atoms with van der Waals surface area (Å²) in [6, 6.07) is 9.93. The first-order chi connectivity index (χ1) is 11.7. The molecule has 0 bridgehead atoms. The summed E-state index contributed by atoms with van der Waals surface area (Å²) >= 11 is 1.43. The summed E-state index contributed by atoms with van der Waals surface area (Å²) < 4.78 is 5.40. The molecule has 26 heavy (non-hydrogen) atoms. The predicted molar refractivity (Wildman–Crippen MR) is 111 cm³/mol. The highest BCUT2D eigenvalue weighted by atomic mass is 35.5. The van der Waals surface area contributed by atoms with Gasteiger partial charge < -0.3 is 15.4 Å². The smallest absolute Gasteiger partial charge is 0.263 e. The normalized spacial score (nSPS) is 15.4. The number of methoxy groups -OCH3 is 1. The standard InChI is InChI=1S/C18H23N3O2S.2ClH/c1-23-13-18(7-9-19-10-8-18)12-21-16(22)15-11-20-17(24-15)14-5-3-2-4-6-14;;/h2-6,11,19H,7-10,12-13H2,1H3,(H,21,22);2*1H. The van der Waals surface area contributed by atoms with E-state index in [9.17, 15) is 4.79 Å². The van der Waals surface area contributed by atoms with Gasteiger partial charge in [0.1, 0.15) is 9.88 Å². The first-order valence-corrected chi connectivity index (χ1v) is 9.03. The molecule has 1 amide bonds. The van der Waals surface area contributed by atoms with Crippen molar-refractivity contribution < 1.29 is 9.53 Å². The van der Waals surface area contributed by atoms with Crippen molar-refractivity contribution >= 4 is 42.1 Å². The topological polar surface area (TPSA) is 63.2 Å². The quantitative estimate of drug-likeness (QED) is 0.755. The molecule has 1 saturated heterocycles. The van der Waals surface area contributed by atoms with E-state index in [2.05, 4.69) is 15.6 Å². The Morgan fingerprint density at radius 3 is 2.62 bits per heavy atom. The molecule has 1 aromatic heterocycles. The highest BCUT2D eigenvalue weighted by Gasteiger charge is 2.32. The number of carbonyl (C=O) groups excluding carboxylic acids is 1. The number of thiazole rings is 1. The highest BCUT2D eigenvalue weighted by Crippen LogP contribution is 2.29. The summed E-state index contributed by atoms with van der Waals surface area (Å²) in [5.74, 6) is -0.0521. The molecule has 0 unspecified atom stereocenters. The van der Waals surface area contributed by atoms with Crippen LogP contribution in [0.4, 0.5) is 0 Å². The first kappa shape index (κ1) is 22.9. The lowest BCUT2D eigenvalue weighted by Gasteiger charge is -2.37. The van der Waals surface area contributed by atoms with Crippen LogP contribution in [0.3, 0.4) is 0 Å². The van der Waals surface area contributed by atoms with Crippen molar-refractivity contribution in [1.82, 2.24) is 15.6 Å². The molecule has 0 spiro atoms. The van der Waals surface area contributed by atoms with E-state index in [4.69, 9.17) is 4.74 Å². The molecule has 5 nitrogen and oxygen atoms in total. The van der Waals surface area contributed by atoms with Crippen LogP contribution >= 0.6 is 36.2 Å². The molecule has 1 aliphatic heterocycles. The van der Waals surface area contributed by atoms with Crippen LogP contribution in [0.15, 0.2) is 36.5 Å². The third-order valence-corrected chi connectivity index (χ3v) is 5.53. The summed E-state index contributed by atoms with van der Waals surface area (Å²) in [6.07, 6.45) is 3.69. The van der Waals surface area contributed by atoms with Gasteiger partial charge in [-0.05, 0) is 25.9 Å². The molecule has 1 aromatic carbocycles. The van der Waals surface area contributed by atoms with Crippen molar-refractivity contribution in [3.8, 4) is 10.6 Å². The number of aromatic nitrogens is 1. The van der Waals surface area contributed by atoms with Crippen molar-refractivity contribution in [2.75, 3.05) is 33.4 Å². The fourth-order valence-corrected chi connectivity index (χ4v) is 3.92. The van der Waals surface area contributed by atoms with Gasteiger partial charge in [-0.3, -0.25) is 4.79 Å². The van der Waals surface area contributed by atoms with Crippen molar-refractivity contribution in [2.24, 2.45) is 5.41 Å². The Morgan fingerprint density at radius 1 is 1.27 bits per heavy atom. The molecule has 2 N–H and O–H groups in total. The Balaban J connectivity index is 0.00000169. The fraction of sp³-hybridized carbons (Fsp3) is 0.444. The van der Waals surface area contributed by atoms with E-state index < -0.39 is 0 Å². The summed E-state index contributed by atoms with van der Waals surface area (Å²) in [5, 5.41) is 7.31. The molecule has 1 fully saturated rings. The highest BCUT2D eigenvalue weighted by molar-refractivity contribution is 7.16. The summed E-state index contributed by atoms with van der Waals surface area (Å²) in [6.45, 7) is 3.25. The molecule has 0 radical (unpaired) electrons. The Morgan fingerprint density at radius 2 is 1.96 bits per heavy atom. The number of nitrogens with one attached hydrogen (secondary N) is 2. The lowest BCUT2D eigenvalue weighted by molar-refractivity contribution is 0.0512. The number of halogens is 2. The van der Waals surface area contributed by atoms with Crippen molar-refractivity contribution in [3.63, 3.8) is 0 Å². The monoisotopic (exact) mass is 417 g/mol. The van der Waals surface area contributed by atoms with E-state index in [1.165, 1.54) is 11.3 Å². The number of benzene rings is 1.